The van der Waals surface area contributed by atoms with Crippen molar-refractivity contribution in [3.05, 3.63) is 84.4 Å². The van der Waals surface area contributed by atoms with Crippen LogP contribution in [0, 0.1) is 0 Å². The Labute approximate surface area is 217 Å². The predicted molar refractivity (Wildman–Crippen MR) is 115 cm³/mol. The van der Waals surface area contributed by atoms with Crippen LogP contribution < -0.4 is 18.5 Å². The molecule has 0 aliphatic carbocycles. The molecule has 1 N–H and O–H groups in total. The first-order valence-corrected chi connectivity index (χ1v) is 10.3. The molecule has 30 heavy (non-hydrogen) atoms. The zero-order valence-electron chi connectivity index (χ0n) is 15.3. The number of benzene rings is 3. The van der Waals surface area contributed by atoms with E-state index >= 15 is 0 Å². The van der Waals surface area contributed by atoms with Gasteiger partial charge in [-0.2, -0.15) is 8.42 Å². The van der Waals surface area contributed by atoms with Crippen molar-refractivity contribution in [1.29, 1.82) is 0 Å². The first-order chi connectivity index (χ1) is 14.0. The number of anilines is 1. The summed E-state index contributed by atoms with van der Waals surface area (Å²) in [6.45, 7) is -0.0686. The standard InChI is InChI=1S/C21H18N2O5S.K.H/c24-21-14-23(29(25,26)22-21)19-12-11-18(28-17-9-5-2-6-10-17)13-20(19)27-15-16-7-3-1-4-8-16;;/h1-13H,14-15H2,(H,22,24);;. The molecule has 9 heteroatoms. The van der Waals surface area contributed by atoms with E-state index in [0.29, 0.717) is 17.2 Å². The van der Waals surface area contributed by atoms with E-state index in [4.69, 9.17) is 9.47 Å². The molecule has 1 heterocycles. The van der Waals surface area contributed by atoms with Gasteiger partial charge in [-0.25, -0.2) is 9.03 Å². The number of carbonyl (C=O) groups is 1. The number of para-hydroxylation sites is 1. The molecule has 7 nitrogen and oxygen atoms in total. The molecule has 0 atom stereocenters. The van der Waals surface area contributed by atoms with E-state index < -0.39 is 16.1 Å². The molecule has 0 saturated carbocycles. The quantitative estimate of drug-likeness (QED) is 0.584. The zero-order valence-corrected chi connectivity index (χ0v) is 16.1. The number of ether oxygens (including phenoxy) is 2. The molecular weight excluding hydrogens is 431 g/mol. The molecule has 4 rings (SSSR count). The van der Waals surface area contributed by atoms with Crippen LogP contribution in [0.3, 0.4) is 0 Å². The van der Waals surface area contributed by atoms with Gasteiger partial charge in [-0.05, 0) is 29.8 Å². The third-order valence-corrected chi connectivity index (χ3v) is 5.63. The number of amides is 1. The van der Waals surface area contributed by atoms with Crippen LogP contribution in [0.15, 0.2) is 78.9 Å². The normalized spacial score (nSPS) is 14.5. The molecule has 1 amide bonds. The van der Waals surface area contributed by atoms with Crippen LogP contribution in [0.2, 0.25) is 0 Å². The van der Waals surface area contributed by atoms with E-state index in [9.17, 15) is 13.2 Å². The first kappa shape index (κ1) is 22.8. The number of nitrogens with one attached hydrogen (secondary N) is 1. The Morgan fingerprint density at radius 1 is 0.900 bits per heavy atom. The molecule has 1 fully saturated rings. The molecule has 3 aromatic carbocycles. The Hall–Kier alpha value is -1.88. The van der Waals surface area contributed by atoms with Crippen molar-refractivity contribution in [3.8, 4) is 17.2 Å². The summed E-state index contributed by atoms with van der Waals surface area (Å²) in [5, 5.41) is 0. The van der Waals surface area contributed by atoms with E-state index in [2.05, 4.69) is 0 Å². The molecular formula is C21H19KN2O5S. The van der Waals surface area contributed by atoms with Gasteiger partial charge >= 0.3 is 61.6 Å². The Bertz CT molecular complexity index is 1120. The molecule has 1 aliphatic rings. The average molecular weight is 451 g/mol. The number of hydrogen-bond acceptors (Lipinski definition) is 5. The first-order valence-electron chi connectivity index (χ1n) is 8.88. The molecule has 0 aromatic heterocycles. The maximum atomic E-state index is 12.3. The molecule has 3 aromatic rings. The van der Waals surface area contributed by atoms with Crippen molar-refractivity contribution < 1.29 is 22.7 Å². The van der Waals surface area contributed by atoms with Gasteiger partial charge < -0.3 is 9.47 Å². The Morgan fingerprint density at radius 3 is 2.20 bits per heavy atom. The zero-order chi connectivity index (χ0) is 20.3. The molecule has 0 bridgehead atoms. The molecule has 1 aliphatic heterocycles. The van der Waals surface area contributed by atoms with Crippen LogP contribution in [0.5, 0.6) is 17.2 Å². The van der Waals surface area contributed by atoms with Gasteiger partial charge in [0.05, 0.1) is 5.69 Å². The summed E-state index contributed by atoms with van der Waals surface area (Å²) in [7, 11) is -3.95. The number of hydrogen-bond donors (Lipinski definition) is 1. The summed E-state index contributed by atoms with van der Waals surface area (Å²) in [6.07, 6.45) is 0. The Kier molecular flexibility index (Phi) is 7.56. The van der Waals surface area contributed by atoms with Gasteiger partial charge in [0.2, 0.25) is 0 Å². The van der Waals surface area contributed by atoms with Crippen molar-refractivity contribution in [3.63, 3.8) is 0 Å². The van der Waals surface area contributed by atoms with Gasteiger partial charge in [0.15, 0.2) is 0 Å². The second-order valence-electron chi connectivity index (χ2n) is 6.36. The molecule has 0 radical (unpaired) electrons. The summed E-state index contributed by atoms with van der Waals surface area (Å²) < 4.78 is 39.3. The fraction of sp³-hybridized carbons (Fsp3) is 0.0952. The van der Waals surface area contributed by atoms with Crippen molar-refractivity contribution in [2.45, 2.75) is 6.61 Å². The van der Waals surface area contributed by atoms with Gasteiger partial charge in [0.1, 0.15) is 30.4 Å². The van der Waals surface area contributed by atoms with E-state index in [1.54, 1.807) is 18.2 Å². The van der Waals surface area contributed by atoms with Crippen LogP contribution >= 0.6 is 0 Å². The van der Waals surface area contributed by atoms with Gasteiger partial charge in [-0.1, -0.05) is 48.5 Å². The predicted octanol–water partition coefficient (Wildman–Crippen LogP) is 2.59. The monoisotopic (exact) mass is 450 g/mol. The molecule has 0 unspecified atom stereocenters. The summed E-state index contributed by atoms with van der Waals surface area (Å²) in [4.78, 5) is 11.6. The van der Waals surface area contributed by atoms with Crippen LogP contribution in [0.1, 0.15) is 5.56 Å². The van der Waals surface area contributed by atoms with Crippen LogP contribution in [-0.4, -0.2) is 72.3 Å². The Balaban J connectivity index is 0.00000256. The van der Waals surface area contributed by atoms with Gasteiger partial charge in [0, 0.05) is 6.07 Å². The summed E-state index contributed by atoms with van der Waals surface area (Å²) in [6, 6.07) is 23.5. The second kappa shape index (κ2) is 9.95. The Morgan fingerprint density at radius 2 is 1.57 bits per heavy atom. The molecule has 150 valence electrons. The van der Waals surface area contributed by atoms with Gasteiger partial charge in [-0.3, -0.25) is 4.79 Å². The van der Waals surface area contributed by atoms with Crippen molar-refractivity contribution in [2.75, 3.05) is 10.8 Å². The van der Waals surface area contributed by atoms with E-state index in [-0.39, 0.29) is 70.2 Å². The second-order valence-corrected chi connectivity index (χ2v) is 7.95. The van der Waals surface area contributed by atoms with Gasteiger partial charge in [-0.15, -0.1) is 0 Å². The topological polar surface area (TPSA) is 84.9 Å². The summed E-state index contributed by atoms with van der Waals surface area (Å²) >= 11 is 0. The molecule has 0 spiro atoms. The maximum absolute atomic E-state index is 12.3. The SMILES string of the molecule is O=C1CN(c2ccc(Oc3ccccc3)cc2OCc2ccccc2)S(=O)(=O)N1.[KH]. The third-order valence-electron chi connectivity index (χ3n) is 4.24. The number of nitrogens with zero attached hydrogens (tertiary/aromatic N) is 1. The van der Waals surface area contributed by atoms with Crippen LogP contribution in [0.4, 0.5) is 5.69 Å². The van der Waals surface area contributed by atoms with Gasteiger partial charge in [0.25, 0.3) is 5.91 Å². The minimum absolute atomic E-state index is 0. The molecule has 1 saturated heterocycles. The van der Waals surface area contributed by atoms with E-state index in [1.165, 1.54) is 0 Å². The van der Waals surface area contributed by atoms with Crippen molar-refractivity contribution >= 4 is 73.2 Å². The van der Waals surface area contributed by atoms with Crippen LogP contribution in [-0.2, 0) is 21.6 Å². The van der Waals surface area contributed by atoms with E-state index in [0.717, 1.165) is 9.87 Å². The van der Waals surface area contributed by atoms with Crippen molar-refractivity contribution in [2.24, 2.45) is 0 Å². The average Bonchev–Trinajstić information content (AvgIpc) is 3.00. The number of rotatable bonds is 6. The fourth-order valence-electron chi connectivity index (χ4n) is 2.90. The number of carbonyl (C=O) groups excluding carboxylic acids is 1. The third kappa shape index (κ3) is 5.42. The van der Waals surface area contributed by atoms with Crippen LogP contribution in [0.25, 0.3) is 0 Å². The fourth-order valence-corrected chi connectivity index (χ4v) is 4.06. The van der Waals surface area contributed by atoms with E-state index in [1.807, 2.05) is 65.4 Å². The minimum atomic E-state index is -3.95. The summed E-state index contributed by atoms with van der Waals surface area (Å²) in [5.41, 5.74) is 1.19. The van der Waals surface area contributed by atoms with Crippen molar-refractivity contribution in [1.82, 2.24) is 4.72 Å². The summed E-state index contributed by atoms with van der Waals surface area (Å²) in [5.74, 6) is 0.824.